The molecule has 2 heterocycles. The molecule has 0 atom stereocenters. The lowest BCUT2D eigenvalue weighted by molar-refractivity contribution is -0.144. The first kappa shape index (κ1) is 17.3. The van der Waals surface area contributed by atoms with E-state index in [0.29, 0.717) is 37.8 Å². The third kappa shape index (κ3) is 2.76. The predicted molar refractivity (Wildman–Crippen MR) is 86.4 cm³/mol. The van der Waals surface area contributed by atoms with Crippen molar-refractivity contribution in [3.05, 3.63) is 61.6 Å². The highest BCUT2D eigenvalue weighted by Gasteiger charge is 2.35. The van der Waals surface area contributed by atoms with Crippen molar-refractivity contribution in [1.29, 1.82) is 0 Å². The van der Waals surface area contributed by atoms with E-state index < -0.39 is 23.1 Å². The number of halogens is 4. The summed E-state index contributed by atoms with van der Waals surface area (Å²) in [4.78, 5) is 24.7. The summed E-state index contributed by atoms with van der Waals surface area (Å²) in [7, 11) is 0.952. The van der Waals surface area contributed by atoms with Gasteiger partial charge in [-0.3, -0.25) is 9.36 Å². The molecule has 0 bridgehead atoms. The fraction of sp³-hybridized carbons (Fsp3) is 0.250. The van der Waals surface area contributed by atoms with Gasteiger partial charge in [-0.1, -0.05) is 18.5 Å². The molecule has 0 amide bonds. The van der Waals surface area contributed by atoms with Gasteiger partial charge in [-0.2, -0.15) is 13.2 Å². The molecule has 0 saturated carbocycles. The van der Waals surface area contributed by atoms with Gasteiger partial charge in [-0.05, 0) is 18.2 Å². The first-order chi connectivity index (χ1) is 11.6. The van der Waals surface area contributed by atoms with Crippen LogP contribution in [0, 0.1) is 0 Å². The zero-order valence-corrected chi connectivity index (χ0v) is 13.9. The van der Waals surface area contributed by atoms with Crippen LogP contribution in [0.5, 0.6) is 0 Å². The normalized spacial score (nSPS) is 12.1. The van der Waals surface area contributed by atoms with E-state index in [0.717, 1.165) is 7.05 Å². The van der Waals surface area contributed by atoms with Crippen LogP contribution in [0.25, 0.3) is 16.7 Å². The minimum Gasteiger partial charge on any atom is -0.459 e. The number of aryl methyl sites for hydroxylation is 1. The van der Waals surface area contributed by atoms with Gasteiger partial charge in [0.25, 0.3) is 5.56 Å². The number of rotatable bonds is 2. The van der Waals surface area contributed by atoms with Gasteiger partial charge in [-0.25, -0.2) is 9.36 Å². The lowest BCUT2D eigenvalue weighted by atomic mass is 10.2. The van der Waals surface area contributed by atoms with Gasteiger partial charge in [0.1, 0.15) is 11.5 Å². The van der Waals surface area contributed by atoms with Crippen molar-refractivity contribution in [3.63, 3.8) is 0 Å². The molecule has 0 fully saturated rings. The SMILES string of the molecule is CCc1cc2c(Cl)ccc(-n3c(=O)cc(C(F)(F)F)n(C)c3=O)c2o1. The molecular weight excluding hydrogens is 361 g/mol. The molecule has 0 aliphatic rings. The van der Waals surface area contributed by atoms with Gasteiger partial charge in [0.05, 0.1) is 10.7 Å². The van der Waals surface area contributed by atoms with Crippen LogP contribution < -0.4 is 11.2 Å². The monoisotopic (exact) mass is 372 g/mol. The maximum absolute atomic E-state index is 13.0. The second kappa shape index (κ2) is 5.80. The summed E-state index contributed by atoms with van der Waals surface area (Å²) in [6.45, 7) is 1.84. The van der Waals surface area contributed by atoms with Gasteiger partial charge in [0.15, 0.2) is 5.58 Å². The maximum Gasteiger partial charge on any atom is 0.431 e. The summed E-state index contributed by atoms with van der Waals surface area (Å²) in [6.07, 6.45) is -4.27. The molecule has 0 aliphatic carbocycles. The number of benzene rings is 1. The second-order valence-electron chi connectivity index (χ2n) is 5.42. The van der Waals surface area contributed by atoms with Crippen LogP contribution in [-0.4, -0.2) is 9.13 Å². The van der Waals surface area contributed by atoms with Gasteiger partial charge in [0.2, 0.25) is 0 Å². The van der Waals surface area contributed by atoms with E-state index in [1.165, 1.54) is 12.1 Å². The summed E-state index contributed by atoms with van der Waals surface area (Å²) < 4.78 is 45.5. The largest absolute Gasteiger partial charge is 0.459 e. The molecule has 9 heteroatoms. The highest BCUT2D eigenvalue weighted by molar-refractivity contribution is 6.35. The number of alkyl halides is 3. The van der Waals surface area contributed by atoms with Crippen LogP contribution in [0.3, 0.4) is 0 Å². The van der Waals surface area contributed by atoms with Crippen molar-refractivity contribution in [2.75, 3.05) is 0 Å². The summed E-state index contributed by atoms with van der Waals surface area (Å²) in [5.74, 6) is 0.570. The van der Waals surface area contributed by atoms with E-state index in [4.69, 9.17) is 16.0 Å². The van der Waals surface area contributed by atoms with Crippen molar-refractivity contribution in [2.24, 2.45) is 7.05 Å². The van der Waals surface area contributed by atoms with E-state index in [2.05, 4.69) is 0 Å². The Bertz CT molecular complexity index is 1090. The summed E-state index contributed by atoms with van der Waals surface area (Å²) in [6, 6.07) is 4.87. The van der Waals surface area contributed by atoms with Crippen molar-refractivity contribution in [3.8, 4) is 5.69 Å². The predicted octanol–water partition coefficient (Wildman–Crippen LogP) is 3.52. The Hall–Kier alpha value is -2.48. The molecule has 0 N–H and O–H groups in total. The average Bonchev–Trinajstić information content (AvgIpc) is 2.97. The van der Waals surface area contributed by atoms with E-state index in [1.54, 1.807) is 6.07 Å². The van der Waals surface area contributed by atoms with Crippen molar-refractivity contribution >= 4 is 22.6 Å². The number of hydrogen-bond donors (Lipinski definition) is 0. The minimum atomic E-state index is -4.82. The number of nitrogens with zero attached hydrogens (tertiary/aromatic N) is 2. The van der Waals surface area contributed by atoms with E-state index in [9.17, 15) is 22.8 Å². The van der Waals surface area contributed by atoms with Crippen LogP contribution in [0.2, 0.25) is 5.02 Å². The number of fused-ring (bicyclic) bond motifs is 1. The quantitative estimate of drug-likeness (QED) is 0.691. The Morgan fingerprint density at radius 3 is 2.48 bits per heavy atom. The van der Waals surface area contributed by atoms with Crippen LogP contribution in [0.1, 0.15) is 18.4 Å². The van der Waals surface area contributed by atoms with Gasteiger partial charge < -0.3 is 4.42 Å². The van der Waals surface area contributed by atoms with E-state index in [1.807, 2.05) is 6.92 Å². The summed E-state index contributed by atoms with van der Waals surface area (Å²) in [5.41, 5.74) is -3.34. The smallest absolute Gasteiger partial charge is 0.431 e. The zero-order chi connectivity index (χ0) is 18.5. The Kier molecular flexibility index (Phi) is 4.03. The molecule has 0 unspecified atom stereocenters. The Morgan fingerprint density at radius 1 is 1.20 bits per heavy atom. The maximum atomic E-state index is 13.0. The van der Waals surface area contributed by atoms with Gasteiger partial charge in [0, 0.05) is 24.9 Å². The standard InChI is InChI=1S/C16H12ClF3N2O3/c1-3-8-6-9-10(17)4-5-11(14(9)25-8)22-13(23)7-12(16(18,19)20)21(2)15(22)24/h4-7H,3H2,1-2H3. The first-order valence-corrected chi connectivity index (χ1v) is 7.64. The molecule has 0 radical (unpaired) electrons. The second-order valence-corrected chi connectivity index (χ2v) is 5.83. The van der Waals surface area contributed by atoms with Crippen molar-refractivity contribution < 1.29 is 17.6 Å². The van der Waals surface area contributed by atoms with Crippen molar-refractivity contribution in [2.45, 2.75) is 19.5 Å². The zero-order valence-electron chi connectivity index (χ0n) is 13.1. The number of hydrogen-bond acceptors (Lipinski definition) is 3. The first-order valence-electron chi connectivity index (χ1n) is 7.26. The highest BCUT2D eigenvalue weighted by atomic mass is 35.5. The Morgan fingerprint density at radius 2 is 1.88 bits per heavy atom. The molecular formula is C16H12ClF3N2O3. The van der Waals surface area contributed by atoms with Gasteiger partial charge >= 0.3 is 11.9 Å². The molecule has 1 aromatic carbocycles. The molecule has 3 rings (SSSR count). The Balaban J connectivity index is 2.39. The van der Waals surface area contributed by atoms with Crippen LogP contribution in [-0.2, 0) is 19.6 Å². The molecule has 0 spiro atoms. The van der Waals surface area contributed by atoms with Crippen LogP contribution in [0.15, 0.2) is 38.3 Å². The third-order valence-corrected chi connectivity index (χ3v) is 4.19. The molecule has 3 aromatic rings. The van der Waals surface area contributed by atoms with Crippen molar-refractivity contribution in [1.82, 2.24) is 9.13 Å². The molecule has 2 aromatic heterocycles. The van der Waals surface area contributed by atoms with Gasteiger partial charge in [-0.15, -0.1) is 0 Å². The third-order valence-electron chi connectivity index (χ3n) is 3.86. The summed E-state index contributed by atoms with van der Waals surface area (Å²) in [5, 5.41) is 0.823. The molecule has 25 heavy (non-hydrogen) atoms. The number of aromatic nitrogens is 2. The molecule has 0 saturated heterocycles. The lowest BCUT2D eigenvalue weighted by Gasteiger charge is -2.14. The number of furan rings is 1. The minimum absolute atomic E-state index is 0.0402. The van der Waals surface area contributed by atoms with Crippen LogP contribution >= 0.6 is 11.6 Å². The van der Waals surface area contributed by atoms with E-state index in [-0.39, 0.29) is 11.3 Å². The van der Waals surface area contributed by atoms with E-state index >= 15 is 0 Å². The lowest BCUT2D eigenvalue weighted by Crippen LogP contribution is -2.40. The molecule has 0 aliphatic heterocycles. The summed E-state index contributed by atoms with van der Waals surface area (Å²) >= 11 is 6.10. The van der Waals surface area contributed by atoms with Crippen LogP contribution in [0.4, 0.5) is 13.2 Å². The Labute approximate surface area is 143 Å². The highest BCUT2D eigenvalue weighted by Crippen LogP contribution is 2.32. The topological polar surface area (TPSA) is 57.1 Å². The molecule has 5 nitrogen and oxygen atoms in total. The fourth-order valence-electron chi connectivity index (χ4n) is 2.60. The fourth-order valence-corrected chi connectivity index (χ4v) is 2.80. The average molecular weight is 373 g/mol. The molecule has 132 valence electrons.